The highest BCUT2D eigenvalue weighted by molar-refractivity contribution is 6.12. The molecule has 0 heterocycles. The molecule has 0 amide bonds. The number of hydrogen-bond donors (Lipinski definition) is 0. The molecule has 0 N–H and O–H groups in total. The van der Waals surface area contributed by atoms with E-state index in [9.17, 15) is 0 Å². The van der Waals surface area contributed by atoms with Gasteiger partial charge in [0, 0.05) is 5.41 Å². The Labute approximate surface area is 223 Å². The average molecular weight is 485 g/mol. The van der Waals surface area contributed by atoms with Gasteiger partial charge >= 0.3 is 0 Å². The van der Waals surface area contributed by atoms with Gasteiger partial charge in [0.2, 0.25) is 0 Å². The molecule has 6 aromatic rings. The number of benzene rings is 6. The summed E-state index contributed by atoms with van der Waals surface area (Å²) in [6.07, 6.45) is 0. The van der Waals surface area contributed by atoms with Crippen molar-refractivity contribution in [2.45, 2.75) is 60.8 Å². The van der Waals surface area contributed by atoms with Gasteiger partial charge in [-0.05, 0) is 89.6 Å². The molecular weight excluding hydrogens is 444 g/mol. The molecule has 0 aliphatic heterocycles. The fourth-order valence-electron chi connectivity index (χ4n) is 5.85. The maximum absolute atomic E-state index is 2.43. The largest absolute Gasteiger partial charge is 0.0683 e. The quantitative estimate of drug-likeness (QED) is 0.148. The first-order valence-corrected chi connectivity index (χ1v) is 14.0. The van der Waals surface area contributed by atoms with Crippen LogP contribution in [0.2, 0.25) is 0 Å². The van der Waals surface area contributed by atoms with Crippen molar-refractivity contribution in [1.29, 1.82) is 0 Å². The van der Waals surface area contributed by atoms with Crippen LogP contribution in [0.1, 0.15) is 66.5 Å². The zero-order valence-electron chi connectivity index (χ0n) is 23.7. The number of hydrogen-bond acceptors (Lipinski definition) is 0. The van der Waals surface area contributed by atoms with Crippen molar-refractivity contribution in [2.24, 2.45) is 0 Å². The second-order valence-electron chi connectivity index (χ2n) is 9.44. The van der Waals surface area contributed by atoms with Crippen molar-refractivity contribution in [3.8, 4) is 11.1 Å². The van der Waals surface area contributed by atoms with Crippen molar-refractivity contribution in [3.63, 3.8) is 0 Å². The van der Waals surface area contributed by atoms with Gasteiger partial charge in [-0.25, -0.2) is 0 Å². The van der Waals surface area contributed by atoms with E-state index >= 15 is 0 Å². The van der Waals surface area contributed by atoms with Crippen LogP contribution < -0.4 is 0 Å². The van der Waals surface area contributed by atoms with E-state index in [0.29, 0.717) is 0 Å². The molecule has 1 aliphatic carbocycles. The molecule has 0 nitrogen and oxygen atoms in total. The van der Waals surface area contributed by atoms with Crippen LogP contribution in [0.15, 0.2) is 97.1 Å². The normalized spacial score (nSPS) is 12.5. The van der Waals surface area contributed by atoms with E-state index in [0.717, 1.165) is 0 Å². The van der Waals surface area contributed by atoms with E-state index in [1.807, 2.05) is 41.5 Å². The first kappa shape index (κ1) is 26.4. The summed E-state index contributed by atoms with van der Waals surface area (Å²) in [5.41, 5.74) is 5.64. The van der Waals surface area contributed by atoms with Crippen molar-refractivity contribution < 1.29 is 0 Å². The van der Waals surface area contributed by atoms with Crippen LogP contribution >= 0.6 is 0 Å². The zero-order chi connectivity index (χ0) is 26.7. The van der Waals surface area contributed by atoms with Gasteiger partial charge in [-0.3, -0.25) is 0 Å². The molecule has 0 radical (unpaired) electrons. The molecule has 0 saturated heterocycles. The molecule has 0 fully saturated rings. The maximum atomic E-state index is 2.43. The van der Waals surface area contributed by atoms with Gasteiger partial charge in [0.25, 0.3) is 0 Å². The molecule has 0 atom stereocenters. The lowest BCUT2D eigenvalue weighted by Crippen LogP contribution is -2.15. The first-order chi connectivity index (χ1) is 18.1. The summed E-state index contributed by atoms with van der Waals surface area (Å²) in [4.78, 5) is 0. The first-order valence-electron chi connectivity index (χ1n) is 14.0. The van der Waals surface area contributed by atoms with Crippen LogP contribution in [0.3, 0.4) is 0 Å². The Morgan fingerprint density at radius 3 is 1.59 bits per heavy atom. The summed E-state index contributed by atoms with van der Waals surface area (Å²) in [7, 11) is 0. The van der Waals surface area contributed by atoms with E-state index in [2.05, 4.69) is 111 Å². The Bertz CT molecular complexity index is 1700. The predicted octanol–water partition coefficient (Wildman–Crippen LogP) is 11.7. The van der Waals surface area contributed by atoms with Gasteiger partial charge in [-0.2, -0.15) is 0 Å². The minimum atomic E-state index is -0.0352. The topological polar surface area (TPSA) is 0 Å². The third-order valence-corrected chi connectivity index (χ3v) is 7.36. The predicted molar refractivity (Wildman–Crippen MR) is 168 cm³/mol. The molecule has 0 unspecified atom stereocenters. The van der Waals surface area contributed by atoms with Crippen molar-refractivity contribution in [3.05, 3.63) is 108 Å². The second-order valence-corrected chi connectivity index (χ2v) is 9.44. The lowest BCUT2D eigenvalue weighted by molar-refractivity contribution is 0.667. The van der Waals surface area contributed by atoms with E-state index < -0.39 is 0 Å². The summed E-state index contributed by atoms with van der Waals surface area (Å²) in [5, 5.41) is 10.6. The molecule has 7 rings (SSSR count). The summed E-state index contributed by atoms with van der Waals surface area (Å²) >= 11 is 0. The van der Waals surface area contributed by atoms with Crippen LogP contribution in [0.5, 0.6) is 0 Å². The molecule has 0 heteroatoms. The molecule has 188 valence electrons. The molecule has 6 aromatic carbocycles. The Balaban J connectivity index is 0.000000500. The van der Waals surface area contributed by atoms with Gasteiger partial charge in [-0.15, -0.1) is 0 Å². The summed E-state index contributed by atoms with van der Waals surface area (Å²) in [5.74, 6) is 0. The van der Waals surface area contributed by atoms with Gasteiger partial charge in [0.05, 0.1) is 0 Å². The lowest BCUT2D eigenvalue weighted by Gasteiger charge is -2.24. The Morgan fingerprint density at radius 1 is 0.405 bits per heavy atom. The third kappa shape index (κ3) is 4.19. The highest BCUT2D eigenvalue weighted by Crippen LogP contribution is 2.53. The van der Waals surface area contributed by atoms with Crippen LogP contribution in [0.4, 0.5) is 0 Å². The second kappa shape index (κ2) is 10.8. The fraction of sp³-hybridized carbons (Fsp3) is 0.243. The highest BCUT2D eigenvalue weighted by Gasteiger charge is 2.37. The number of fused-ring (bicyclic) bond motifs is 9. The molecule has 0 bridgehead atoms. The van der Waals surface area contributed by atoms with Crippen LogP contribution in [-0.4, -0.2) is 0 Å². The highest BCUT2D eigenvalue weighted by atomic mass is 14.4. The lowest BCUT2D eigenvalue weighted by atomic mass is 9.79. The Kier molecular flexibility index (Phi) is 7.69. The van der Waals surface area contributed by atoms with Crippen molar-refractivity contribution in [2.75, 3.05) is 0 Å². The van der Waals surface area contributed by atoms with Crippen LogP contribution in [0, 0.1) is 0 Å². The standard InChI is InChI=1S/C31H22.3C2H6/c1-31(2)29-18-23-16-21-9-4-3-8-20(21)15-22(23)17-28(29)27-14-13-25-24-10-6-5-7-19(24)11-12-26(25)30(27)31;3*1-2/h3-18H,1-2H3;3*1-2H3. The van der Waals surface area contributed by atoms with Gasteiger partial charge in [0.1, 0.15) is 0 Å². The number of rotatable bonds is 0. The van der Waals surface area contributed by atoms with Gasteiger partial charge in [0.15, 0.2) is 0 Å². The van der Waals surface area contributed by atoms with E-state index in [1.54, 1.807) is 0 Å². The minimum Gasteiger partial charge on any atom is -0.0683 e. The van der Waals surface area contributed by atoms with Crippen LogP contribution in [0.25, 0.3) is 54.2 Å². The van der Waals surface area contributed by atoms with E-state index in [4.69, 9.17) is 0 Å². The van der Waals surface area contributed by atoms with Crippen molar-refractivity contribution >= 4 is 43.1 Å². The van der Waals surface area contributed by atoms with Gasteiger partial charge in [-0.1, -0.05) is 128 Å². The molecule has 0 saturated carbocycles. The molecule has 37 heavy (non-hydrogen) atoms. The Morgan fingerprint density at radius 2 is 0.946 bits per heavy atom. The maximum Gasteiger partial charge on any atom is 0.0165 e. The van der Waals surface area contributed by atoms with Crippen molar-refractivity contribution in [1.82, 2.24) is 0 Å². The Hall–Kier alpha value is -3.64. The van der Waals surface area contributed by atoms with Gasteiger partial charge < -0.3 is 0 Å². The molecule has 0 spiro atoms. The third-order valence-electron chi connectivity index (χ3n) is 7.36. The molecular formula is C37H40. The average Bonchev–Trinajstić information content (AvgIpc) is 3.19. The monoisotopic (exact) mass is 484 g/mol. The smallest absolute Gasteiger partial charge is 0.0165 e. The summed E-state index contributed by atoms with van der Waals surface area (Å²) < 4.78 is 0. The SMILES string of the molecule is CC.CC.CC.CC1(C)c2cc3cc4ccccc4cc3cc2-c2ccc3c(ccc4ccccc43)c21. The summed E-state index contributed by atoms with van der Waals surface area (Å²) in [6, 6.07) is 36.2. The van der Waals surface area contributed by atoms with Crippen LogP contribution in [-0.2, 0) is 5.41 Å². The van der Waals surface area contributed by atoms with E-state index in [1.165, 1.54) is 65.3 Å². The molecule has 0 aromatic heterocycles. The molecule has 1 aliphatic rings. The van der Waals surface area contributed by atoms with E-state index in [-0.39, 0.29) is 5.41 Å². The summed E-state index contributed by atoms with van der Waals surface area (Å²) in [6.45, 7) is 16.8. The minimum absolute atomic E-state index is 0.0352. The fourth-order valence-corrected chi connectivity index (χ4v) is 5.85. The zero-order valence-corrected chi connectivity index (χ0v) is 23.7.